The maximum absolute atomic E-state index is 10.3. The number of aliphatic hydroxyl groups excluding tert-OH is 1. The van der Waals surface area contributed by atoms with E-state index in [-0.39, 0.29) is 38.8 Å². The number of benzene rings is 1. The Morgan fingerprint density at radius 1 is 1.27 bits per heavy atom. The predicted molar refractivity (Wildman–Crippen MR) is 113 cm³/mol. The van der Waals surface area contributed by atoms with E-state index in [1.54, 1.807) is 0 Å². The molecule has 1 aromatic carbocycles. The fourth-order valence-electron chi connectivity index (χ4n) is 3.56. The van der Waals surface area contributed by atoms with Gasteiger partial charge in [0.25, 0.3) is 0 Å². The molecule has 1 saturated carbocycles. The van der Waals surface area contributed by atoms with Crippen LogP contribution in [0.3, 0.4) is 0 Å². The molecule has 2 rings (SSSR count). The summed E-state index contributed by atoms with van der Waals surface area (Å²) in [5.41, 5.74) is 2.46. The summed E-state index contributed by atoms with van der Waals surface area (Å²) in [5.74, 6) is 1.60. The number of halogens is 1. The second kappa shape index (κ2) is 14.1. The second-order valence-corrected chi connectivity index (χ2v) is 9.29. The van der Waals surface area contributed by atoms with Crippen LogP contribution in [0.5, 0.6) is 0 Å². The van der Waals surface area contributed by atoms with E-state index < -0.39 is 0 Å². The zero-order valence-corrected chi connectivity index (χ0v) is 21.1. The Bertz CT molecular complexity index is 485. The molecule has 26 heavy (non-hydrogen) atoms. The quantitative estimate of drug-likeness (QED) is 0.226. The van der Waals surface area contributed by atoms with Crippen molar-refractivity contribution >= 4 is 27.7 Å². The van der Waals surface area contributed by atoms with Crippen molar-refractivity contribution in [3.8, 4) is 0 Å². The van der Waals surface area contributed by atoms with Crippen LogP contribution >= 0.6 is 27.7 Å². The molecule has 145 valence electrons. The minimum atomic E-state index is -0.321. The summed E-state index contributed by atoms with van der Waals surface area (Å²) in [5, 5.41) is 10.9. The first-order valence-corrected chi connectivity index (χ1v) is 11.5. The molecule has 1 N–H and O–H groups in total. The number of hydrogen-bond acceptors (Lipinski definition) is 3. The van der Waals surface area contributed by atoms with E-state index in [2.05, 4.69) is 54.0 Å². The summed E-state index contributed by atoms with van der Waals surface area (Å²) >= 11 is 5.88. The number of rotatable bonds is 11. The van der Waals surface area contributed by atoms with Crippen LogP contribution in [0.15, 0.2) is 24.3 Å². The first-order chi connectivity index (χ1) is 12.2. The van der Waals surface area contributed by atoms with Crippen molar-refractivity contribution in [1.29, 1.82) is 0 Å². The topological polar surface area (TPSA) is 29.5 Å². The number of ether oxygens (including phenoxy) is 1. The molecule has 1 aliphatic rings. The Labute approximate surface area is 197 Å². The summed E-state index contributed by atoms with van der Waals surface area (Å²) in [4.78, 5) is 0.571. The van der Waals surface area contributed by atoms with Crippen molar-refractivity contribution in [1.82, 2.24) is 0 Å². The van der Waals surface area contributed by atoms with E-state index in [0.29, 0.717) is 22.6 Å². The van der Waals surface area contributed by atoms with Gasteiger partial charge in [-0.15, -0.1) is 0 Å². The molecule has 5 heteroatoms. The van der Waals surface area contributed by atoms with Gasteiger partial charge in [-0.1, -0.05) is 73.0 Å². The second-order valence-electron chi connectivity index (χ2n) is 6.83. The summed E-state index contributed by atoms with van der Waals surface area (Å²) in [6.07, 6.45) is 6.48. The van der Waals surface area contributed by atoms with Gasteiger partial charge in [-0.2, -0.15) is 11.8 Å². The number of aliphatic hydroxyl groups is 1. The average molecular weight is 517 g/mol. The standard InChI is InChI=1S/C21H32BrO2S.Y/c1-3-5-6-7-20(23)17-10-8-16(9-11-17)18-12-13-19(22)21(18)25-15-14-24-4-2;/h8-11,18-21,23H,2-7,12-15H2,1H3;/q-1;. The van der Waals surface area contributed by atoms with E-state index >= 15 is 0 Å². The molecule has 0 spiro atoms. The van der Waals surface area contributed by atoms with Crippen LogP contribution in [0, 0.1) is 6.92 Å². The zero-order chi connectivity index (χ0) is 18.1. The minimum absolute atomic E-state index is 0. The van der Waals surface area contributed by atoms with Gasteiger partial charge in [0.05, 0.1) is 12.7 Å². The molecular weight excluding hydrogens is 485 g/mol. The summed E-state index contributed by atoms with van der Waals surface area (Å²) < 4.78 is 5.38. The van der Waals surface area contributed by atoms with Crippen LogP contribution in [0.1, 0.15) is 68.6 Å². The summed E-state index contributed by atoms with van der Waals surface area (Å²) in [6, 6.07) is 8.71. The molecule has 1 radical (unpaired) electrons. The maximum Gasteiger partial charge on any atom is 0.0790 e. The van der Waals surface area contributed by atoms with Crippen LogP contribution in [-0.2, 0) is 37.4 Å². The molecule has 0 bridgehead atoms. The SMILES string of the molecule is [CH2-]COCCSC1C(Br)CCC1c1ccc(C(O)CCCCC)cc1.[Y]. The van der Waals surface area contributed by atoms with Gasteiger partial charge in [0, 0.05) is 48.5 Å². The van der Waals surface area contributed by atoms with Crippen molar-refractivity contribution in [2.24, 2.45) is 0 Å². The van der Waals surface area contributed by atoms with Gasteiger partial charge >= 0.3 is 0 Å². The van der Waals surface area contributed by atoms with Crippen molar-refractivity contribution in [3.05, 3.63) is 42.3 Å². The van der Waals surface area contributed by atoms with Crippen LogP contribution in [0.25, 0.3) is 0 Å². The van der Waals surface area contributed by atoms with E-state index in [1.165, 1.54) is 31.2 Å². The van der Waals surface area contributed by atoms with Crippen LogP contribution < -0.4 is 0 Å². The van der Waals surface area contributed by atoms with Gasteiger partial charge in [-0.05, 0) is 36.3 Å². The number of hydrogen-bond donors (Lipinski definition) is 1. The molecule has 4 atom stereocenters. The van der Waals surface area contributed by atoms with Crippen molar-refractivity contribution < 1.29 is 42.6 Å². The van der Waals surface area contributed by atoms with Crippen LogP contribution in [0.4, 0.5) is 0 Å². The fraction of sp³-hybridized carbons (Fsp3) is 0.667. The number of unbranched alkanes of at least 4 members (excludes halogenated alkanes) is 2. The molecule has 1 fully saturated rings. The van der Waals surface area contributed by atoms with Gasteiger partial charge in [0.15, 0.2) is 0 Å². The molecule has 0 aromatic heterocycles. The Morgan fingerprint density at radius 2 is 2.00 bits per heavy atom. The van der Waals surface area contributed by atoms with Gasteiger partial charge in [0.1, 0.15) is 0 Å². The Balaban J connectivity index is 0.00000338. The Morgan fingerprint density at radius 3 is 2.65 bits per heavy atom. The van der Waals surface area contributed by atoms with Crippen LogP contribution in [-0.4, -0.2) is 34.2 Å². The zero-order valence-electron chi connectivity index (χ0n) is 15.9. The third kappa shape index (κ3) is 7.83. The van der Waals surface area contributed by atoms with E-state index in [9.17, 15) is 5.11 Å². The minimum Gasteiger partial charge on any atom is -0.413 e. The number of alkyl halides is 1. The smallest absolute Gasteiger partial charge is 0.0790 e. The molecule has 1 aromatic rings. The molecule has 2 nitrogen and oxygen atoms in total. The van der Waals surface area contributed by atoms with Crippen molar-refractivity contribution in [2.75, 3.05) is 19.0 Å². The Hall–Kier alpha value is 1.07. The van der Waals surface area contributed by atoms with Gasteiger partial charge in [-0.25, -0.2) is 0 Å². The first-order valence-electron chi connectivity index (χ1n) is 9.58. The van der Waals surface area contributed by atoms with Crippen molar-refractivity contribution in [2.45, 2.75) is 67.5 Å². The first kappa shape index (κ1) is 25.1. The van der Waals surface area contributed by atoms with Gasteiger partial charge in [0.2, 0.25) is 0 Å². The molecule has 1 aliphatic carbocycles. The molecular formula is C21H32BrO2SY-. The summed E-state index contributed by atoms with van der Waals surface area (Å²) in [6.45, 7) is 7.24. The van der Waals surface area contributed by atoms with Gasteiger partial charge < -0.3 is 16.8 Å². The van der Waals surface area contributed by atoms with E-state index in [1.807, 2.05) is 11.8 Å². The number of thioether (sulfide) groups is 1. The van der Waals surface area contributed by atoms with Crippen molar-refractivity contribution in [3.63, 3.8) is 0 Å². The molecule has 0 amide bonds. The largest absolute Gasteiger partial charge is 0.413 e. The van der Waals surface area contributed by atoms with Crippen LogP contribution in [0.2, 0.25) is 0 Å². The van der Waals surface area contributed by atoms with E-state index in [0.717, 1.165) is 30.8 Å². The predicted octanol–water partition coefficient (Wildman–Crippen LogP) is 5.89. The third-order valence-electron chi connectivity index (χ3n) is 5.02. The van der Waals surface area contributed by atoms with Gasteiger partial charge in [-0.3, -0.25) is 0 Å². The maximum atomic E-state index is 10.3. The molecule has 0 heterocycles. The van der Waals surface area contributed by atoms with E-state index in [4.69, 9.17) is 4.74 Å². The Kier molecular flexibility index (Phi) is 13.6. The monoisotopic (exact) mass is 516 g/mol. The average Bonchev–Trinajstić information content (AvgIpc) is 3.00. The summed E-state index contributed by atoms with van der Waals surface area (Å²) in [7, 11) is 0. The fourth-order valence-corrected chi connectivity index (χ4v) is 6.01. The third-order valence-corrected chi connectivity index (χ3v) is 7.84. The molecule has 4 unspecified atom stereocenters. The molecule has 0 aliphatic heterocycles. The normalized spacial score (nSPS) is 23.6. The molecule has 0 saturated heterocycles.